The SMILES string of the molecule is O=C(Nc1ncc([N+](=O)[O-])cc1O)C(c1ccccc1)c1ccccc1. The molecule has 3 rings (SSSR count). The van der Waals surface area contributed by atoms with Gasteiger partial charge in [0.25, 0.3) is 5.69 Å². The molecule has 1 aromatic heterocycles. The van der Waals surface area contributed by atoms with Gasteiger partial charge in [-0.2, -0.15) is 0 Å². The number of aromatic nitrogens is 1. The number of hydrogen-bond acceptors (Lipinski definition) is 5. The molecule has 130 valence electrons. The molecule has 2 N–H and O–H groups in total. The first-order valence-electron chi connectivity index (χ1n) is 7.80. The van der Waals surface area contributed by atoms with E-state index in [4.69, 9.17) is 0 Å². The largest absolute Gasteiger partial charge is 0.504 e. The number of aromatic hydroxyl groups is 1. The lowest BCUT2D eigenvalue weighted by Crippen LogP contribution is -2.22. The fourth-order valence-electron chi connectivity index (χ4n) is 2.61. The van der Waals surface area contributed by atoms with Crippen LogP contribution < -0.4 is 5.32 Å². The van der Waals surface area contributed by atoms with E-state index in [1.54, 1.807) is 0 Å². The third-order valence-corrected chi connectivity index (χ3v) is 3.83. The summed E-state index contributed by atoms with van der Waals surface area (Å²) in [6.07, 6.45) is 0.982. The zero-order valence-electron chi connectivity index (χ0n) is 13.6. The summed E-state index contributed by atoms with van der Waals surface area (Å²) in [7, 11) is 0. The molecule has 1 heterocycles. The van der Waals surface area contributed by atoms with E-state index < -0.39 is 22.5 Å². The monoisotopic (exact) mass is 349 g/mol. The van der Waals surface area contributed by atoms with E-state index in [0.717, 1.165) is 23.4 Å². The van der Waals surface area contributed by atoms with Gasteiger partial charge >= 0.3 is 0 Å². The maximum Gasteiger partial charge on any atom is 0.291 e. The number of rotatable bonds is 5. The first-order valence-corrected chi connectivity index (χ1v) is 7.80. The summed E-state index contributed by atoms with van der Waals surface area (Å²) in [6, 6.07) is 19.3. The quantitative estimate of drug-likeness (QED) is 0.542. The van der Waals surface area contributed by atoms with Crippen molar-refractivity contribution in [2.45, 2.75) is 5.92 Å². The van der Waals surface area contributed by atoms with E-state index in [1.165, 1.54) is 0 Å². The molecule has 0 spiro atoms. The maximum atomic E-state index is 12.9. The fraction of sp³-hybridized carbons (Fsp3) is 0.0526. The molecular formula is C19H15N3O4. The Balaban J connectivity index is 1.93. The van der Waals surface area contributed by atoms with Crippen LogP contribution in [-0.2, 0) is 4.79 Å². The van der Waals surface area contributed by atoms with Crippen molar-refractivity contribution in [2.24, 2.45) is 0 Å². The second-order valence-electron chi connectivity index (χ2n) is 5.56. The van der Waals surface area contributed by atoms with Gasteiger partial charge < -0.3 is 10.4 Å². The minimum absolute atomic E-state index is 0.127. The van der Waals surface area contributed by atoms with Gasteiger partial charge in [-0.15, -0.1) is 0 Å². The number of nitro groups is 1. The van der Waals surface area contributed by atoms with Crippen molar-refractivity contribution in [3.05, 3.63) is 94.2 Å². The zero-order chi connectivity index (χ0) is 18.5. The lowest BCUT2D eigenvalue weighted by atomic mass is 9.90. The van der Waals surface area contributed by atoms with Crippen LogP contribution in [0.5, 0.6) is 5.75 Å². The lowest BCUT2D eigenvalue weighted by Gasteiger charge is -2.17. The Labute approximate surface area is 149 Å². The number of benzene rings is 2. The van der Waals surface area contributed by atoms with E-state index in [-0.39, 0.29) is 11.5 Å². The van der Waals surface area contributed by atoms with Crippen molar-refractivity contribution in [1.82, 2.24) is 4.98 Å². The van der Waals surface area contributed by atoms with Gasteiger partial charge in [0.2, 0.25) is 5.91 Å². The molecule has 0 aliphatic rings. The third-order valence-electron chi connectivity index (χ3n) is 3.83. The number of pyridine rings is 1. The van der Waals surface area contributed by atoms with Gasteiger partial charge in [0.1, 0.15) is 6.20 Å². The van der Waals surface area contributed by atoms with Crippen LogP contribution in [0.3, 0.4) is 0 Å². The minimum Gasteiger partial charge on any atom is -0.504 e. The number of anilines is 1. The summed E-state index contributed by atoms with van der Waals surface area (Å²) < 4.78 is 0. The van der Waals surface area contributed by atoms with Crippen LogP contribution in [0.4, 0.5) is 11.5 Å². The summed E-state index contributed by atoms with van der Waals surface area (Å²) in [5.74, 6) is -1.61. The second-order valence-corrected chi connectivity index (χ2v) is 5.56. The molecule has 0 atom stereocenters. The molecule has 0 saturated carbocycles. The second kappa shape index (κ2) is 7.43. The van der Waals surface area contributed by atoms with E-state index in [9.17, 15) is 20.0 Å². The fourth-order valence-corrected chi connectivity index (χ4v) is 2.61. The lowest BCUT2D eigenvalue weighted by molar-refractivity contribution is -0.385. The maximum absolute atomic E-state index is 12.9. The van der Waals surface area contributed by atoms with E-state index >= 15 is 0 Å². The standard InChI is InChI=1S/C19H15N3O4/c23-16-11-15(22(25)26)12-20-18(16)21-19(24)17(13-7-3-1-4-8-13)14-9-5-2-6-10-14/h1-12,17,23H,(H,20,21,24). The molecule has 7 nitrogen and oxygen atoms in total. The molecule has 0 aliphatic carbocycles. The Morgan fingerprint density at radius 2 is 1.58 bits per heavy atom. The summed E-state index contributed by atoms with van der Waals surface area (Å²) in [5, 5.41) is 23.2. The van der Waals surface area contributed by atoms with Crippen LogP contribution in [0, 0.1) is 10.1 Å². The Hall–Kier alpha value is -3.74. The average Bonchev–Trinajstić information content (AvgIpc) is 2.65. The predicted octanol–water partition coefficient (Wildman–Crippen LogP) is 3.47. The van der Waals surface area contributed by atoms with E-state index in [2.05, 4.69) is 10.3 Å². The summed E-state index contributed by atoms with van der Waals surface area (Å²) in [5.41, 5.74) is 1.19. The zero-order valence-corrected chi connectivity index (χ0v) is 13.6. The van der Waals surface area contributed by atoms with Crippen LogP contribution in [-0.4, -0.2) is 20.9 Å². The number of amides is 1. The normalized spacial score (nSPS) is 10.5. The van der Waals surface area contributed by atoms with Gasteiger partial charge in [-0.05, 0) is 11.1 Å². The van der Waals surface area contributed by atoms with Crippen LogP contribution in [0.15, 0.2) is 72.9 Å². The molecule has 26 heavy (non-hydrogen) atoms. The van der Waals surface area contributed by atoms with Crippen molar-refractivity contribution in [1.29, 1.82) is 0 Å². The Morgan fingerprint density at radius 1 is 1.04 bits per heavy atom. The molecule has 0 bridgehead atoms. The van der Waals surface area contributed by atoms with Crippen molar-refractivity contribution in [2.75, 3.05) is 5.32 Å². The number of carbonyl (C=O) groups is 1. The van der Waals surface area contributed by atoms with Crippen molar-refractivity contribution in [3.63, 3.8) is 0 Å². The number of nitrogens with one attached hydrogen (secondary N) is 1. The van der Waals surface area contributed by atoms with E-state index in [1.807, 2.05) is 60.7 Å². The Bertz CT molecular complexity index is 891. The summed E-state index contributed by atoms with van der Waals surface area (Å²) in [6.45, 7) is 0. The highest BCUT2D eigenvalue weighted by Gasteiger charge is 2.24. The van der Waals surface area contributed by atoms with Gasteiger partial charge in [0, 0.05) is 0 Å². The topological polar surface area (TPSA) is 105 Å². The first kappa shape index (κ1) is 17.1. The summed E-state index contributed by atoms with van der Waals surface area (Å²) in [4.78, 5) is 26.7. The molecule has 0 radical (unpaired) electrons. The van der Waals surface area contributed by atoms with Gasteiger partial charge in [0.05, 0.1) is 16.9 Å². The molecule has 0 saturated heterocycles. The number of hydrogen-bond donors (Lipinski definition) is 2. The van der Waals surface area contributed by atoms with Crippen LogP contribution in [0.2, 0.25) is 0 Å². The molecule has 0 fully saturated rings. The minimum atomic E-state index is -0.672. The molecule has 3 aromatic rings. The highest BCUT2D eigenvalue weighted by Crippen LogP contribution is 2.29. The number of carbonyl (C=O) groups excluding carboxylic acids is 1. The molecule has 7 heteroatoms. The van der Waals surface area contributed by atoms with Gasteiger partial charge in [-0.25, -0.2) is 4.98 Å². The molecule has 1 amide bonds. The smallest absolute Gasteiger partial charge is 0.291 e. The average molecular weight is 349 g/mol. The molecule has 0 aliphatic heterocycles. The van der Waals surface area contributed by atoms with Crippen molar-refractivity contribution in [3.8, 4) is 5.75 Å². The van der Waals surface area contributed by atoms with Crippen LogP contribution in [0.25, 0.3) is 0 Å². The Morgan fingerprint density at radius 3 is 2.04 bits per heavy atom. The van der Waals surface area contributed by atoms with Gasteiger partial charge in [-0.3, -0.25) is 14.9 Å². The van der Waals surface area contributed by atoms with Crippen molar-refractivity contribution >= 4 is 17.4 Å². The third kappa shape index (κ3) is 3.67. The molecular weight excluding hydrogens is 334 g/mol. The first-order chi connectivity index (χ1) is 12.6. The van der Waals surface area contributed by atoms with Crippen molar-refractivity contribution < 1.29 is 14.8 Å². The highest BCUT2D eigenvalue weighted by molar-refractivity contribution is 5.98. The van der Waals surface area contributed by atoms with E-state index in [0.29, 0.717) is 0 Å². The number of nitrogens with zero attached hydrogens (tertiary/aromatic N) is 2. The van der Waals surface area contributed by atoms with Gasteiger partial charge in [0.15, 0.2) is 11.6 Å². The van der Waals surface area contributed by atoms with Crippen LogP contribution >= 0.6 is 0 Å². The van der Waals surface area contributed by atoms with Crippen LogP contribution in [0.1, 0.15) is 17.0 Å². The van der Waals surface area contributed by atoms with Gasteiger partial charge in [-0.1, -0.05) is 60.7 Å². The highest BCUT2D eigenvalue weighted by atomic mass is 16.6. The molecule has 0 unspecified atom stereocenters. The Kier molecular flexibility index (Phi) is 4.89. The summed E-state index contributed by atoms with van der Waals surface area (Å²) >= 11 is 0. The molecule has 2 aromatic carbocycles. The predicted molar refractivity (Wildman–Crippen MR) is 95.9 cm³/mol.